The molecule has 2 aromatic carbocycles. The number of anilines is 2. The molecule has 0 atom stereocenters. The number of H-pyrrole nitrogens is 1. The number of carbonyl (C=O) groups excluding carboxylic acids is 3. The smallest absolute Gasteiger partial charge is 0.435 e. The zero-order chi connectivity index (χ0) is 48.8. The number of esters is 2. The fraction of sp³-hybridized carbons (Fsp3) is 0.422. The average molecular weight is 1020 g/mol. The van der Waals surface area contributed by atoms with Crippen molar-refractivity contribution in [3.8, 4) is 0 Å². The number of amides is 1. The number of ether oxygens (including phenoxy) is 2. The van der Waals surface area contributed by atoms with Crippen LogP contribution in [0.4, 0.5) is 11.8 Å². The van der Waals surface area contributed by atoms with Crippen molar-refractivity contribution in [3.63, 3.8) is 0 Å². The summed E-state index contributed by atoms with van der Waals surface area (Å²) in [5.41, 5.74) is 3.27. The number of fused-ring (bicyclic) bond motifs is 1. The van der Waals surface area contributed by atoms with Crippen LogP contribution in [-0.4, -0.2) is 99.7 Å². The number of hydrogen-bond acceptors (Lipinski definition) is 13. The molecule has 0 saturated carbocycles. The topological polar surface area (TPSA) is 200 Å². The van der Waals surface area contributed by atoms with Gasteiger partial charge in [0, 0.05) is 38.6 Å². The van der Waals surface area contributed by atoms with Gasteiger partial charge in [0.05, 0.1) is 32.6 Å². The van der Waals surface area contributed by atoms with Crippen LogP contribution in [0, 0.1) is 0 Å². The highest BCUT2D eigenvalue weighted by atomic mass is 36.0. The summed E-state index contributed by atoms with van der Waals surface area (Å²) in [5, 5.41) is -0.711. The quantitative estimate of drug-likeness (QED) is 0.0604. The van der Waals surface area contributed by atoms with Crippen LogP contribution >= 0.6 is 46.7 Å². The summed E-state index contributed by atoms with van der Waals surface area (Å²) in [6, 6.07) is 23.3. The second-order valence-electron chi connectivity index (χ2n) is 14.7. The van der Waals surface area contributed by atoms with Crippen molar-refractivity contribution in [2.24, 2.45) is 0 Å². The van der Waals surface area contributed by atoms with Gasteiger partial charge in [-0.3, -0.25) is 27.9 Å². The van der Waals surface area contributed by atoms with E-state index < -0.39 is 24.9 Å². The molecule has 0 aliphatic carbocycles. The van der Waals surface area contributed by atoms with Crippen molar-refractivity contribution in [3.05, 3.63) is 120 Å². The standard InChI is InChI=1S/C20H22N4O2.C15H19NO.C10H18N3O5P.Cl3OP/c1-2-26-19(25)17-14-24-13-10-18(22-20(24)21-17)23-11-8-16(9-12-23)15-6-4-3-5-7-15;1-2-6-15(17)16-11-9-14(10-12-16)13-7-4-3-5-8-13;1-4-16-9(14)8-7-11-10(12-8)13-19(15,17-5-2)18-6-3;1-5(2,3)4/h3-7,10,13-14,16H,2,8-9,11-12H2,1H3;2-8,14H,9-12H2,1H3;7H,4-6H2,1-3H3,(H2,11,12,13,15);/b;6-2+;;. The average Bonchev–Trinajstić information content (AvgIpc) is 3.97. The molecule has 5 heterocycles. The first kappa shape index (κ1) is 54.9. The lowest BCUT2D eigenvalue weighted by Gasteiger charge is -2.33. The minimum atomic E-state index is -3.47. The Labute approximate surface area is 406 Å². The van der Waals surface area contributed by atoms with Gasteiger partial charge in [0.15, 0.2) is 5.69 Å². The van der Waals surface area contributed by atoms with Gasteiger partial charge in [0.2, 0.25) is 17.6 Å². The molecule has 1 amide bonds. The van der Waals surface area contributed by atoms with Crippen LogP contribution in [0.25, 0.3) is 5.78 Å². The van der Waals surface area contributed by atoms with Gasteiger partial charge in [-0.05, 0) is 129 Å². The molecule has 2 N–H and O–H groups in total. The molecule has 0 spiro atoms. The van der Waals surface area contributed by atoms with E-state index in [0.717, 1.165) is 57.7 Å². The van der Waals surface area contributed by atoms with Gasteiger partial charge in [-0.2, -0.15) is 4.98 Å². The Balaban J connectivity index is 0.000000214. The second kappa shape index (κ2) is 27.9. The molecular weight excluding hydrogens is 965 g/mol. The molecule has 17 nitrogen and oxygen atoms in total. The Morgan fingerprint density at radius 1 is 0.761 bits per heavy atom. The van der Waals surface area contributed by atoms with Crippen LogP contribution in [0.3, 0.4) is 0 Å². The van der Waals surface area contributed by atoms with Crippen LogP contribution in [0.15, 0.2) is 97.5 Å². The third-order valence-electron chi connectivity index (χ3n) is 10.2. The van der Waals surface area contributed by atoms with E-state index in [1.807, 2.05) is 36.2 Å². The van der Waals surface area contributed by atoms with E-state index in [1.54, 1.807) is 44.4 Å². The third kappa shape index (κ3) is 18.7. The van der Waals surface area contributed by atoms with Crippen molar-refractivity contribution in [1.82, 2.24) is 29.2 Å². The lowest BCUT2D eigenvalue weighted by atomic mass is 9.89. The predicted octanol–water partition coefficient (Wildman–Crippen LogP) is 11.2. The minimum Gasteiger partial charge on any atom is -0.461 e. The lowest BCUT2D eigenvalue weighted by molar-refractivity contribution is -0.127. The van der Waals surface area contributed by atoms with E-state index in [2.05, 4.69) is 118 Å². The molecule has 3 aromatic heterocycles. The SMILES string of the molecule is C/C=C/C(=O)N1CCC(c2ccccc2)CC1.CCOC(=O)c1cn2ccc(N3CCC(c4ccccc4)CC3)nc2n1.CCOC(=O)c1cnc(NP(=O)(OCC)OCC)[nH]1.O=P(Cl)(Cl)Cl. The first-order chi connectivity index (χ1) is 32.1. The molecule has 7 rings (SSSR count). The fourth-order valence-electron chi connectivity index (χ4n) is 7.18. The van der Waals surface area contributed by atoms with Crippen LogP contribution < -0.4 is 9.99 Å². The van der Waals surface area contributed by atoms with Crippen LogP contribution in [0.5, 0.6) is 0 Å². The number of imidazole rings is 2. The van der Waals surface area contributed by atoms with Gasteiger partial charge in [0.25, 0.3) is 0 Å². The molecular formula is C45H59Cl3N8O9P2. The van der Waals surface area contributed by atoms with Gasteiger partial charge in [-0.15, -0.1) is 0 Å². The number of nitrogens with zero attached hydrogens (tertiary/aromatic N) is 6. The van der Waals surface area contributed by atoms with E-state index in [0.29, 0.717) is 29.9 Å². The van der Waals surface area contributed by atoms with Crippen molar-refractivity contribution >= 4 is 82.1 Å². The number of benzene rings is 2. The third-order valence-corrected chi connectivity index (χ3v) is 11.9. The molecule has 2 saturated heterocycles. The van der Waals surface area contributed by atoms with Crippen LogP contribution in [0.1, 0.15) is 104 Å². The summed E-state index contributed by atoms with van der Waals surface area (Å²) in [6.45, 7) is 13.5. The summed E-state index contributed by atoms with van der Waals surface area (Å²) >= 11 is 13.8. The maximum Gasteiger partial charge on any atom is 0.435 e. The number of carbonyl (C=O) groups is 3. The number of halogens is 3. The minimum absolute atomic E-state index is 0.119. The molecule has 2 aliphatic heterocycles. The lowest BCUT2D eigenvalue weighted by Crippen LogP contribution is -2.36. The number of aromatic amines is 1. The summed E-state index contributed by atoms with van der Waals surface area (Å²) < 4.78 is 43.3. The number of rotatable bonds is 14. The van der Waals surface area contributed by atoms with E-state index in [9.17, 15) is 23.5 Å². The Morgan fingerprint density at radius 2 is 1.28 bits per heavy atom. The van der Waals surface area contributed by atoms with Gasteiger partial charge < -0.3 is 24.3 Å². The summed E-state index contributed by atoms with van der Waals surface area (Å²) in [5.74, 6) is 1.98. The normalized spacial score (nSPS) is 14.5. The number of likely N-dealkylation sites (tertiary alicyclic amines) is 1. The fourth-order valence-corrected chi connectivity index (χ4v) is 8.43. The molecule has 0 bridgehead atoms. The molecule has 0 radical (unpaired) electrons. The molecule has 0 unspecified atom stereocenters. The zero-order valence-corrected chi connectivity index (χ0v) is 42.3. The van der Waals surface area contributed by atoms with Crippen LogP contribution in [0.2, 0.25) is 0 Å². The highest BCUT2D eigenvalue weighted by Gasteiger charge is 2.26. The van der Waals surface area contributed by atoms with Crippen molar-refractivity contribution in [2.45, 2.75) is 72.1 Å². The molecule has 22 heteroatoms. The Bertz CT molecular complexity index is 2410. The number of nitrogens with one attached hydrogen (secondary N) is 2. The van der Waals surface area contributed by atoms with Gasteiger partial charge >= 0.3 is 24.9 Å². The maximum absolute atomic E-state index is 12.2. The second-order valence-corrected chi connectivity index (χ2v) is 23.1. The largest absolute Gasteiger partial charge is 0.461 e. The summed E-state index contributed by atoms with van der Waals surface area (Å²) in [6.07, 6.45) is 12.7. The van der Waals surface area contributed by atoms with Crippen molar-refractivity contribution in [2.75, 3.05) is 62.6 Å². The molecule has 5 aromatic rings. The molecule has 67 heavy (non-hydrogen) atoms. The van der Waals surface area contributed by atoms with Crippen LogP contribution in [-0.2, 0) is 32.4 Å². The number of hydrogen-bond donors (Lipinski definition) is 2. The van der Waals surface area contributed by atoms with E-state index in [-0.39, 0.29) is 37.4 Å². The van der Waals surface area contributed by atoms with Gasteiger partial charge in [-0.25, -0.2) is 24.1 Å². The van der Waals surface area contributed by atoms with E-state index in [1.165, 1.54) is 17.3 Å². The Hall–Kier alpha value is -4.73. The highest BCUT2D eigenvalue weighted by molar-refractivity contribution is 8.24. The zero-order valence-electron chi connectivity index (χ0n) is 38.3. The van der Waals surface area contributed by atoms with Crippen molar-refractivity contribution in [1.29, 1.82) is 0 Å². The molecule has 364 valence electrons. The van der Waals surface area contributed by atoms with E-state index >= 15 is 0 Å². The summed E-state index contributed by atoms with van der Waals surface area (Å²) in [7, 11) is -3.47. The first-order valence-corrected chi connectivity index (χ1v) is 27.9. The van der Waals surface area contributed by atoms with Crippen molar-refractivity contribution < 1.29 is 42.0 Å². The monoisotopic (exact) mass is 1020 g/mol. The predicted molar refractivity (Wildman–Crippen MR) is 264 cm³/mol. The van der Waals surface area contributed by atoms with Gasteiger partial charge in [0.1, 0.15) is 11.5 Å². The van der Waals surface area contributed by atoms with Gasteiger partial charge in [-0.1, -0.05) is 66.7 Å². The Kier molecular flexibility index (Phi) is 22.9. The van der Waals surface area contributed by atoms with E-state index in [4.69, 9.17) is 18.5 Å². The number of allylic oxidation sites excluding steroid dienone is 1. The number of piperidine rings is 2. The first-order valence-electron chi connectivity index (χ1n) is 22.0. The Morgan fingerprint density at radius 3 is 1.79 bits per heavy atom. The highest BCUT2D eigenvalue weighted by Crippen LogP contribution is 2.61. The molecule has 2 fully saturated rings. The molecule has 2 aliphatic rings. The summed E-state index contributed by atoms with van der Waals surface area (Å²) in [4.78, 5) is 54.6. The number of aromatic nitrogens is 5. The maximum atomic E-state index is 12.2.